The summed E-state index contributed by atoms with van der Waals surface area (Å²) >= 11 is 0. The Hall–Kier alpha value is -1.22. The van der Waals surface area contributed by atoms with Gasteiger partial charge in [-0.15, -0.1) is 0 Å². The summed E-state index contributed by atoms with van der Waals surface area (Å²) in [5.74, 6) is 0. The highest BCUT2D eigenvalue weighted by molar-refractivity contribution is 7.89. The lowest BCUT2D eigenvalue weighted by atomic mass is 10.2. The quantitative estimate of drug-likeness (QED) is 0.799. The first-order valence-electron chi connectivity index (χ1n) is 7.12. The molecule has 1 aromatic rings. The molecule has 2 aliphatic heterocycles. The molecule has 116 valence electrons. The second-order valence-corrected chi connectivity index (χ2v) is 7.18. The largest absolute Gasteiger partial charge is 0.396 e. The average Bonchev–Trinajstić information content (AvgIpc) is 2.93. The Kier molecular flexibility index (Phi) is 4.12. The van der Waals surface area contributed by atoms with Crippen molar-refractivity contribution in [2.24, 2.45) is 0 Å². The van der Waals surface area contributed by atoms with Gasteiger partial charge in [0, 0.05) is 25.3 Å². The minimum Gasteiger partial charge on any atom is -0.396 e. The van der Waals surface area contributed by atoms with E-state index in [1.165, 1.54) is 25.1 Å². The van der Waals surface area contributed by atoms with Gasteiger partial charge in [-0.25, -0.2) is 18.1 Å². The van der Waals surface area contributed by atoms with Crippen molar-refractivity contribution in [3.8, 4) is 0 Å². The van der Waals surface area contributed by atoms with Gasteiger partial charge in [0.25, 0.3) is 10.0 Å². The molecule has 3 rings (SSSR count). The van der Waals surface area contributed by atoms with Gasteiger partial charge in [-0.1, -0.05) is 0 Å². The van der Waals surface area contributed by atoms with E-state index in [1.54, 1.807) is 6.07 Å². The van der Waals surface area contributed by atoms with Crippen molar-refractivity contribution in [1.82, 2.24) is 14.6 Å². The molecule has 0 aliphatic carbocycles. The number of nitrogens with two attached hydrogens (primary N) is 1. The van der Waals surface area contributed by atoms with Crippen LogP contribution in [0, 0.1) is 0 Å². The number of hydrogen-bond donors (Lipinski definition) is 2. The van der Waals surface area contributed by atoms with Crippen LogP contribution in [0.15, 0.2) is 23.4 Å². The zero-order valence-corrected chi connectivity index (χ0v) is 12.6. The Balaban J connectivity index is 1.61. The Morgan fingerprint density at radius 1 is 1.52 bits per heavy atom. The summed E-state index contributed by atoms with van der Waals surface area (Å²) in [6.07, 6.45) is 3.65. The Bertz CT molecular complexity index is 607. The topological polar surface area (TPSA) is 97.5 Å². The molecule has 2 saturated heterocycles. The van der Waals surface area contributed by atoms with Crippen molar-refractivity contribution >= 4 is 15.7 Å². The van der Waals surface area contributed by atoms with Crippen molar-refractivity contribution in [1.29, 1.82) is 0 Å². The van der Waals surface area contributed by atoms with Crippen LogP contribution in [0.3, 0.4) is 0 Å². The first-order chi connectivity index (χ1) is 10.1. The highest BCUT2D eigenvalue weighted by Gasteiger charge is 2.32. The van der Waals surface area contributed by atoms with E-state index in [1.807, 2.05) is 0 Å². The van der Waals surface area contributed by atoms with E-state index in [0.717, 1.165) is 13.1 Å². The van der Waals surface area contributed by atoms with Crippen LogP contribution in [0.5, 0.6) is 0 Å². The standard InChI is InChI=1S/C13H20N4O3S/c14-12-4-1-5-15-13(12)21(18,19)16-7-11-8-17-6-2-3-10(17)9-20-11/h1,4-5,10-11,16H,2-3,6-9,14H2. The van der Waals surface area contributed by atoms with Gasteiger partial charge in [-0.2, -0.15) is 0 Å². The zero-order valence-electron chi connectivity index (χ0n) is 11.7. The number of ether oxygens (including phenoxy) is 1. The first kappa shape index (κ1) is 14.7. The number of anilines is 1. The molecule has 3 N–H and O–H groups in total. The second-order valence-electron chi connectivity index (χ2n) is 5.50. The molecule has 0 amide bonds. The van der Waals surface area contributed by atoms with E-state index in [9.17, 15) is 8.42 Å². The van der Waals surface area contributed by atoms with E-state index in [2.05, 4.69) is 14.6 Å². The monoisotopic (exact) mass is 312 g/mol. The molecule has 21 heavy (non-hydrogen) atoms. The van der Waals surface area contributed by atoms with Crippen LogP contribution >= 0.6 is 0 Å². The summed E-state index contributed by atoms with van der Waals surface area (Å²) in [7, 11) is -3.70. The normalized spacial score (nSPS) is 26.7. The van der Waals surface area contributed by atoms with Crippen LogP contribution in [-0.4, -0.2) is 56.7 Å². The van der Waals surface area contributed by atoms with Crippen LogP contribution in [0.25, 0.3) is 0 Å². The molecule has 3 heterocycles. The third-order valence-corrected chi connectivity index (χ3v) is 5.41. The maximum absolute atomic E-state index is 12.2. The maximum Gasteiger partial charge on any atom is 0.260 e. The maximum atomic E-state index is 12.2. The Morgan fingerprint density at radius 2 is 2.38 bits per heavy atom. The summed E-state index contributed by atoms with van der Waals surface area (Å²) in [5, 5.41) is -0.125. The van der Waals surface area contributed by atoms with Gasteiger partial charge >= 0.3 is 0 Å². The van der Waals surface area contributed by atoms with Crippen molar-refractivity contribution < 1.29 is 13.2 Å². The van der Waals surface area contributed by atoms with E-state index in [4.69, 9.17) is 10.5 Å². The predicted molar refractivity (Wildman–Crippen MR) is 78.2 cm³/mol. The third kappa shape index (κ3) is 3.18. The lowest BCUT2D eigenvalue weighted by Crippen LogP contribution is -2.50. The fourth-order valence-corrected chi connectivity index (χ4v) is 4.03. The van der Waals surface area contributed by atoms with Crippen LogP contribution in [0.2, 0.25) is 0 Å². The summed E-state index contributed by atoms with van der Waals surface area (Å²) in [5.41, 5.74) is 5.81. The van der Waals surface area contributed by atoms with Gasteiger partial charge in [-0.3, -0.25) is 4.90 Å². The van der Waals surface area contributed by atoms with E-state index < -0.39 is 10.0 Å². The highest BCUT2D eigenvalue weighted by atomic mass is 32.2. The summed E-state index contributed by atoms with van der Waals surface area (Å²) in [4.78, 5) is 6.21. The molecule has 2 fully saturated rings. The molecule has 0 spiro atoms. The average molecular weight is 312 g/mol. The number of rotatable bonds is 4. The van der Waals surface area contributed by atoms with Gasteiger partial charge in [0.15, 0.2) is 5.03 Å². The third-order valence-electron chi connectivity index (χ3n) is 4.02. The lowest BCUT2D eigenvalue weighted by Gasteiger charge is -2.35. The van der Waals surface area contributed by atoms with Crippen LogP contribution in [0.1, 0.15) is 12.8 Å². The van der Waals surface area contributed by atoms with Crippen molar-refractivity contribution in [3.63, 3.8) is 0 Å². The minimum atomic E-state index is -3.70. The number of morpholine rings is 1. The van der Waals surface area contributed by atoms with Gasteiger partial charge in [0.05, 0.1) is 18.4 Å². The highest BCUT2D eigenvalue weighted by Crippen LogP contribution is 2.22. The Morgan fingerprint density at radius 3 is 3.19 bits per heavy atom. The summed E-state index contributed by atoms with van der Waals surface area (Å²) in [6.45, 7) is 2.76. The van der Waals surface area contributed by atoms with Gasteiger partial charge < -0.3 is 10.5 Å². The second kappa shape index (κ2) is 5.88. The van der Waals surface area contributed by atoms with Gasteiger partial charge in [0.1, 0.15) is 0 Å². The minimum absolute atomic E-state index is 0.125. The summed E-state index contributed by atoms with van der Waals surface area (Å²) in [6, 6.07) is 3.63. The fourth-order valence-electron chi connectivity index (χ4n) is 2.91. The molecule has 0 radical (unpaired) electrons. The molecule has 2 unspecified atom stereocenters. The van der Waals surface area contributed by atoms with Crippen molar-refractivity contribution in [2.75, 3.05) is 32.0 Å². The number of hydrogen-bond acceptors (Lipinski definition) is 6. The molecule has 0 aromatic carbocycles. The number of nitrogens with zero attached hydrogens (tertiary/aromatic N) is 2. The van der Waals surface area contributed by atoms with Crippen molar-refractivity contribution in [3.05, 3.63) is 18.3 Å². The Labute approximate surface area is 124 Å². The first-order valence-corrected chi connectivity index (χ1v) is 8.60. The smallest absolute Gasteiger partial charge is 0.260 e. The zero-order chi connectivity index (χ0) is 14.9. The van der Waals surface area contributed by atoms with E-state index in [-0.39, 0.29) is 23.4 Å². The molecule has 7 nitrogen and oxygen atoms in total. The van der Waals surface area contributed by atoms with Crippen molar-refractivity contribution in [2.45, 2.75) is 30.0 Å². The number of pyridine rings is 1. The molecule has 8 heteroatoms. The molecule has 0 saturated carbocycles. The van der Waals surface area contributed by atoms with E-state index >= 15 is 0 Å². The molecule has 1 aromatic heterocycles. The SMILES string of the molecule is Nc1cccnc1S(=O)(=O)NCC1CN2CCCC2CO1. The van der Waals surface area contributed by atoms with Crippen LogP contribution in [0.4, 0.5) is 5.69 Å². The fraction of sp³-hybridized carbons (Fsp3) is 0.615. The number of nitrogen functional groups attached to an aromatic ring is 1. The predicted octanol–water partition coefficient (Wildman–Crippen LogP) is -0.195. The lowest BCUT2D eigenvalue weighted by molar-refractivity contribution is -0.0449. The molecule has 0 bridgehead atoms. The number of aromatic nitrogens is 1. The summed E-state index contributed by atoms with van der Waals surface area (Å²) < 4.78 is 32.7. The van der Waals surface area contributed by atoms with Crippen LogP contribution in [-0.2, 0) is 14.8 Å². The molecule has 2 aliphatic rings. The van der Waals surface area contributed by atoms with Gasteiger partial charge in [-0.05, 0) is 31.5 Å². The van der Waals surface area contributed by atoms with Gasteiger partial charge in [0.2, 0.25) is 0 Å². The van der Waals surface area contributed by atoms with Crippen LogP contribution < -0.4 is 10.5 Å². The molecular weight excluding hydrogens is 292 g/mol. The molecule has 2 atom stereocenters. The number of sulfonamides is 1. The number of fused-ring (bicyclic) bond motifs is 1. The molecular formula is C13H20N4O3S. The number of nitrogens with one attached hydrogen (secondary N) is 1. The van der Waals surface area contributed by atoms with E-state index in [0.29, 0.717) is 12.6 Å².